The Balaban J connectivity index is 2.04. The third-order valence-corrected chi connectivity index (χ3v) is 3.16. The highest BCUT2D eigenvalue weighted by Gasteiger charge is 2.25. The molecule has 1 heterocycles. The van der Waals surface area contributed by atoms with E-state index in [0.29, 0.717) is 23.5 Å². The lowest BCUT2D eigenvalue weighted by molar-refractivity contribution is 0.0968. The zero-order chi connectivity index (χ0) is 12.4. The molecule has 0 aliphatic heterocycles. The Hall–Kier alpha value is -1.52. The molecule has 1 fully saturated rings. The van der Waals surface area contributed by atoms with Gasteiger partial charge in [0.1, 0.15) is 11.9 Å². The molecule has 5 nitrogen and oxygen atoms in total. The van der Waals surface area contributed by atoms with E-state index in [1.54, 1.807) is 6.07 Å². The van der Waals surface area contributed by atoms with Gasteiger partial charge < -0.3 is 16.2 Å². The molecule has 0 spiro atoms. The number of hydrogen-bond acceptors (Lipinski definition) is 5. The van der Waals surface area contributed by atoms with Crippen LogP contribution in [0.2, 0.25) is 0 Å². The van der Waals surface area contributed by atoms with Crippen molar-refractivity contribution >= 4 is 11.8 Å². The van der Waals surface area contributed by atoms with Crippen LogP contribution in [0.5, 0.6) is 5.88 Å². The van der Waals surface area contributed by atoms with Crippen LogP contribution in [0.3, 0.4) is 0 Å². The molecule has 0 amide bonds. The number of hydrogen-bond donors (Lipinski definition) is 2. The van der Waals surface area contributed by atoms with E-state index in [4.69, 9.17) is 16.2 Å². The fourth-order valence-corrected chi connectivity index (χ4v) is 2.66. The van der Waals surface area contributed by atoms with Gasteiger partial charge in [-0.15, -0.1) is 0 Å². The van der Waals surface area contributed by atoms with Gasteiger partial charge >= 0.3 is 0 Å². The van der Waals surface area contributed by atoms with E-state index >= 15 is 0 Å². The van der Waals surface area contributed by atoms with Gasteiger partial charge in [0.2, 0.25) is 11.8 Å². The molecule has 1 saturated carbocycles. The quantitative estimate of drug-likeness (QED) is 0.818. The van der Waals surface area contributed by atoms with Crippen molar-refractivity contribution in [1.82, 2.24) is 9.97 Å². The normalized spacial score (nSPS) is 28.9. The average Bonchev–Trinajstić information content (AvgIpc) is 2.13. The van der Waals surface area contributed by atoms with Gasteiger partial charge in [-0.3, -0.25) is 0 Å². The van der Waals surface area contributed by atoms with Crippen molar-refractivity contribution in [2.45, 2.75) is 39.2 Å². The predicted molar refractivity (Wildman–Crippen MR) is 67.5 cm³/mol. The van der Waals surface area contributed by atoms with Gasteiger partial charge in [-0.05, 0) is 31.1 Å². The molecule has 2 atom stereocenters. The van der Waals surface area contributed by atoms with Crippen molar-refractivity contribution in [1.29, 1.82) is 0 Å². The summed E-state index contributed by atoms with van der Waals surface area (Å²) in [5.41, 5.74) is 11.1. The van der Waals surface area contributed by atoms with Gasteiger partial charge in [0.15, 0.2) is 0 Å². The zero-order valence-corrected chi connectivity index (χ0v) is 10.4. The van der Waals surface area contributed by atoms with Crippen LogP contribution in [0.15, 0.2) is 6.07 Å². The maximum Gasteiger partial charge on any atom is 0.225 e. The summed E-state index contributed by atoms with van der Waals surface area (Å²) in [7, 11) is 0. The van der Waals surface area contributed by atoms with Crippen LogP contribution in [0.25, 0.3) is 0 Å². The number of aromatic nitrogens is 2. The highest BCUT2D eigenvalue weighted by molar-refractivity contribution is 5.38. The minimum absolute atomic E-state index is 0.164. The Kier molecular flexibility index (Phi) is 3.36. The molecule has 94 valence electrons. The standard InChI is InChI=1S/C12H20N4O/c1-7-3-8(2)5-9(4-7)17-11-6-10(13)15-12(14)16-11/h6-9H,3-5H2,1-2H3,(H4,13,14,15,16). The molecule has 0 bridgehead atoms. The number of ether oxygens (including phenoxy) is 1. The van der Waals surface area contributed by atoms with Crippen molar-refractivity contribution in [2.24, 2.45) is 11.8 Å². The average molecular weight is 236 g/mol. The Morgan fingerprint density at radius 3 is 2.35 bits per heavy atom. The van der Waals surface area contributed by atoms with Crippen LogP contribution < -0.4 is 16.2 Å². The summed E-state index contributed by atoms with van der Waals surface area (Å²) in [5, 5.41) is 0. The molecule has 0 radical (unpaired) electrons. The predicted octanol–water partition coefficient (Wildman–Crippen LogP) is 1.84. The first kappa shape index (κ1) is 12.0. The third kappa shape index (κ3) is 3.22. The molecular formula is C12H20N4O. The Morgan fingerprint density at radius 2 is 1.76 bits per heavy atom. The first-order valence-electron chi connectivity index (χ1n) is 6.09. The van der Waals surface area contributed by atoms with E-state index in [2.05, 4.69) is 23.8 Å². The van der Waals surface area contributed by atoms with Crippen LogP contribution in [0.4, 0.5) is 11.8 Å². The lowest BCUT2D eigenvalue weighted by Crippen LogP contribution is -2.28. The summed E-state index contributed by atoms with van der Waals surface area (Å²) in [6.07, 6.45) is 3.61. The molecule has 17 heavy (non-hydrogen) atoms. The molecule has 0 saturated heterocycles. The van der Waals surface area contributed by atoms with Gasteiger partial charge in [0.25, 0.3) is 0 Å². The minimum atomic E-state index is 0.164. The lowest BCUT2D eigenvalue weighted by atomic mass is 9.82. The summed E-state index contributed by atoms with van der Waals surface area (Å²) >= 11 is 0. The van der Waals surface area contributed by atoms with E-state index < -0.39 is 0 Å². The summed E-state index contributed by atoms with van der Waals surface area (Å²) < 4.78 is 5.85. The lowest BCUT2D eigenvalue weighted by Gasteiger charge is -2.31. The molecule has 5 heteroatoms. The summed E-state index contributed by atoms with van der Waals surface area (Å²) in [6, 6.07) is 1.63. The second kappa shape index (κ2) is 4.77. The molecule has 1 aliphatic carbocycles. The SMILES string of the molecule is CC1CC(C)CC(Oc2cc(N)nc(N)n2)C1. The largest absolute Gasteiger partial charge is 0.474 e. The molecule has 4 N–H and O–H groups in total. The molecule has 2 rings (SSSR count). The van der Waals surface area contributed by atoms with Gasteiger partial charge in [0, 0.05) is 6.07 Å². The maximum atomic E-state index is 5.85. The summed E-state index contributed by atoms with van der Waals surface area (Å²) in [6.45, 7) is 4.52. The van der Waals surface area contributed by atoms with E-state index in [0.717, 1.165) is 12.8 Å². The van der Waals surface area contributed by atoms with E-state index in [1.807, 2.05) is 0 Å². The van der Waals surface area contributed by atoms with Gasteiger partial charge in [-0.25, -0.2) is 0 Å². The summed E-state index contributed by atoms with van der Waals surface area (Å²) in [4.78, 5) is 7.86. The van der Waals surface area contributed by atoms with E-state index in [1.165, 1.54) is 6.42 Å². The second-order valence-electron chi connectivity index (χ2n) is 5.15. The topological polar surface area (TPSA) is 87.0 Å². The Morgan fingerprint density at radius 1 is 1.12 bits per heavy atom. The Labute approximate surface area is 102 Å². The van der Waals surface area contributed by atoms with Gasteiger partial charge in [-0.1, -0.05) is 13.8 Å². The van der Waals surface area contributed by atoms with Crippen molar-refractivity contribution in [3.8, 4) is 5.88 Å². The van der Waals surface area contributed by atoms with Gasteiger partial charge in [-0.2, -0.15) is 9.97 Å². The molecular weight excluding hydrogens is 216 g/mol. The number of anilines is 2. The van der Waals surface area contributed by atoms with Crippen LogP contribution in [-0.2, 0) is 0 Å². The third-order valence-electron chi connectivity index (χ3n) is 3.16. The van der Waals surface area contributed by atoms with Crippen LogP contribution in [0.1, 0.15) is 33.1 Å². The van der Waals surface area contributed by atoms with Crippen LogP contribution in [0, 0.1) is 11.8 Å². The molecule has 2 unspecified atom stereocenters. The highest BCUT2D eigenvalue weighted by Crippen LogP contribution is 2.31. The van der Waals surface area contributed by atoms with Crippen molar-refractivity contribution in [3.63, 3.8) is 0 Å². The number of nitrogens with zero attached hydrogens (tertiary/aromatic N) is 2. The molecule has 1 aliphatic rings. The molecule has 1 aromatic rings. The van der Waals surface area contributed by atoms with E-state index in [9.17, 15) is 0 Å². The highest BCUT2D eigenvalue weighted by atomic mass is 16.5. The maximum absolute atomic E-state index is 5.85. The second-order valence-corrected chi connectivity index (χ2v) is 5.15. The molecule has 1 aromatic heterocycles. The fraction of sp³-hybridized carbons (Fsp3) is 0.667. The van der Waals surface area contributed by atoms with E-state index in [-0.39, 0.29) is 12.1 Å². The first-order chi connectivity index (χ1) is 8.02. The smallest absolute Gasteiger partial charge is 0.225 e. The number of rotatable bonds is 2. The van der Waals surface area contributed by atoms with Crippen molar-refractivity contribution in [3.05, 3.63) is 6.07 Å². The van der Waals surface area contributed by atoms with Crippen LogP contribution >= 0.6 is 0 Å². The molecule has 0 aromatic carbocycles. The van der Waals surface area contributed by atoms with Crippen molar-refractivity contribution in [2.75, 3.05) is 11.5 Å². The van der Waals surface area contributed by atoms with Gasteiger partial charge in [0.05, 0.1) is 0 Å². The fourth-order valence-electron chi connectivity index (χ4n) is 2.66. The minimum Gasteiger partial charge on any atom is -0.474 e. The zero-order valence-electron chi connectivity index (χ0n) is 10.4. The number of nitrogen functional groups attached to an aromatic ring is 2. The van der Waals surface area contributed by atoms with Crippen LogP contribution in [-0.4, -0.2) is 16.1 Å². The monoisotopic (exact) mass is 236 g/mol. The Bertz CT molecular complexity index is 366. The summed E-state index contributed by atoms with van der Waals surface area (Å²) in [5.74, 6) is 2.39. The first-order valence-corrected chi connectivity index (χ1v) is 6.09. The number of nitrogens with two attached hydrogens (primary N) is 2. The van der Waals surface area contributed by atoms with Crippen molar-refractivity contribution < 1.29 is 4.74 Å².